The minimum absolute atomic E-state index is 0.0695. The number of pyridine rings is 1. The Labute approximate surface area is 175 Å². The van der Waals surface area contributed by atoms with Crippen LogP contribution in [0.1, 0.15) is 50.8 Å². The summed E-state index contributed by atoms with van der Waals surface area (Å²) in [5, 5.41) is 7.30. The number of anilines is 2. The molecule has 1 fully saturated rings. The summed E-state index contributed by atoms with van der Waals surface area (Å²) in [6.45, 7) is 6.32. The first-order chi connectivity index (χ1) is 13.2. The maximum Gasteiger partial charge on any atom is 0.322 e. The van der Waals surface area contributed by atoms with Crippen molar-refractivity contribution < 1.29 is 4.79 Å². The van der Waals surface area contributed by atoms with Crippen molar-refractivity contribution in [2.75, 3.05) is 10.6 Å². The standard InChI is InChI=1S/C21H24Cl2N4O/c1-21(2,3)26-19-10-15-12(11-24-19)8-14-5-7-18(15)27(14)20(28)25-13-4-6-16(22)17(23)9-13/h4,6,9-11,14,18H,5,7-8H2,1-3H3,(H,24,26)(H,25,28)/t14-,18+/m0/s1. The van der Waals surface area contributed by atoms with E-state index in [1.54, 1.807) is 18.2 Å². The van der Waals surface area contributed by atoms with Crippen LogP contribution in [0.3, 0.4) is 0 Å². The van der Waals surface area contributed by atoms with E-state index in [0.717, 1.165) is 25.1 Å². The first-order valence-corrected chi connectivity index (χ1v) is 10.3. The third-order valence-corrected chi connectivity index (χ3v) is 5.99. The molecule has 2 bridgehead atoms. The van der Waals surface area contributed by atoms with Gasteiger partial charge >= 0.3 is 6.03 Å². The molecule has 148 valence electrons. The lowest BCUT2D eigenvalue weighted by Crippen LogP contribution is -2.44. The lowest BCUT2D eigenvalue weighted by Gasteiger charge is -2.36. The zero-order valence-corrected chi connectivity index (χ0v) is 17.7. The van der Waals surface area contributed by atoms with Crippen molar-refractivity contribution in [3.8, 4) is 0 Å². The molecule has 3 heterocycles. The maximum absolute atomic E-state index is 13.1. The van der Waals surface area contributed by atoms with Gasteiger partial charge in [-0.25, -0.2) is 9.78 Å². The van der Waals surface area contributed by atoms with Crippen molar-refractivity contribution in [2.45, 2.75) is 57.7 Å². The predicted octanol–water partition coefficient (Wildman–Crippen LogP) is 5.89. The van der Waals surface area contributed by atoms with E-state index >= 15 is 0 Å². The van der Waals surface area contributed by atoms with Crippen molar-refractivity contribution in [1.82, 2.24) is 9.88 Å². The van der Waals surface area contributed by atoms with Crippen LogP contribution in [0.25, 0.3) is 0 Å². The van der Waals surface area contributed by atoms with Crippen LogP contribution in [0.2, 0.25) is 10.0 Å². The minimum atomic E-state index is -0.0984. The normalized spacial score (nSPS) is 20.7. The summed E-state index contributed by atoms with van der Waals surface area (Å²) >= 11 is 12.1. The molecule has 1 saturated heterocycles. The Kier molecular flexibility index (Phi) is 4.92. The first kappa shape index (κ1) is 19.3. The number of benzene rings is 1. The molecule has 2 amide bonds. The third kappa shape index (κ3) is 3.78. The average Bonchev–Trinajstić information content (AvgIpc) is 2.93. The Bertz CT molecular complexity index is 925. The lowest BCUT2D eigenvalue weighted by molar-refractivity contribution is 0.179. The Hall–Kier alpha value is -1.98. The molecule has 2 aliphatic rings. The van der Waals surface area contributed by atoms with E-state index in [4.69, 9.17) is 23.2 Å². The van der Waals surface area contributed by atoms with Crippen molar-refractivity contribution >= 4 is 40.7 Å². The van der Waals surface area contributed by atoms with Crippen molar-refractivity contribution in [1.29, 1.82) is 0 Å². The van der Waals surface area contributed by atoms with Crippen LogP contribution in [0.5, 0.6) is 0 Å². The molecule has 4 rings (SSSR count). The quantitative estimate of drug-likeness (QED) is 0.638. The molecule has 0 radical (unpaired) electrons. The summed E-state index contributed by atoms with van der Waals surface area (Å²) in [5.74, 6) is 0.849. The molecule has 5 nitrogen and oxygen atoms in total. The largest absolute Gasteiger partial charge is 0.365 e. The van der Waals surface area contributed by atoms with Gasteiger partial charge in [0, 0.05) is 23.5 Å². The van der Waals surface area contributed by atoms with E-state index in [2.05, 4.69) is 42.5 Å². The van der Waals surface area contributed by atoms with Gasteiger partial charge in [-0.05, 0) is 75.4 Å². The fourth-order valence-electron chi connectivity index (χ4n) is 4.14. The third-order valence-electron chi connectivity index (χ3n) is 5.25. The van der Waals surface area contributed by atoms with Crippen LogP contribution in [0.15, 0.2) is 30.5 Å². The van der Waals surface area contributed by atoms with E-state index in [9.17, 15) is 4.79 Å². The molecule has 2 aliphatic heterocycles. The predicted molar refractivity (Wildman–Crippen MR) is 114 cm³/mol. The number of rotatable bonds is 2. The van der Waals surface area contributed by atoms with Crippen molar-refractivity contribution in [3.05, 3.63) is 51.6 Å². The van der Waals surface area contributed by atoms with Gasteiger partial charge in [0.25, 0.3) is 0 Å². The number of fused-ring (bicyclic) bond motifs is 4. The molecule has 1 aromatic carbocycles. The van der Waals surface area contributed by atoms with Crippen molar-refractivity contribution in [2.24, 2.45) is 0 Å². The van der Waals surface area contributed by atoms with Gasteiger partial charge in [0.2, 0.25) is 0 Å². The van der Waals surface area contributed by atoms with Gasteiger partial charge in [0.15, 0.2) is 0 Å². The number of carbonyl (C=O) groups excluding carboxylic acids is 1. The molecule has 2 aromatic rings. The molecule has 1 aromatic heterocycles. The fraction of sp³-hybridized carbons (Fsp3) is 0.429. The number of nitrogens with zero attached hydrogens (tertiary/aromatic N) is 2. The number of urea groups is 1. The van der Waals surface area contributed by atoms with Crippen LogP contribution in [0.4, 0.5) is 16.3 Å². The highest BCUT2D eigenvalue weighted by molar-refractivity contribution is 6.42. The molecule has 2 atom stereocenters. The van der Waals surface area contributed by atoms with Crippen molar-refractivity contribution in [3.63, 3.8) is 0 Å². The Morgan fingerprint density at radius 3 is 2.68 bits per heavy atom. The summed E-state index contributed by atoms with van der Waals surface area (Å²) < 4.78 is 0. The Morgan fingerprint density at radius 1 is 1.18 bits per heavy atom. The van der Waals surface area contributed by atoms with Gasteiger partial charge in [0.1, 0.15) is 5.82 Å². The molecular formula is C21H24Cl2N4O. The van der Waals surface area contributed by atoms with Crippen LogP contribution < -0.4 is 10.6 Å². The van der Waals surface area contributed by atoms with Crippen LogP contribution in [0, 0.1) is 0 Å². The number of hydrogen-bond acceptors (Lipinski definition) is 3. The summed E-state index contributed by atoms with van der Waals surface area (Å²) in [7, 11) is 0. The molecule has 2 N–H and O–H groups in total. The van der Waals surface area contributed by atoms with Gasteiger partial charge in [-0.1, -0.05) is 23.2 Å². The topological polar surface area (TPSA) is 57.3 Å². The molecular weight excluding hydrogens is 395 g/mol. The van der Waals surface area contributed by atoms with Gasteiger partial charge in [-0.15, -0.1) is 0 Å². The van der Waals surface area contributed by atoms with Crippen LogP contribution in [-0.2, 0) is 6.42 Å². The minimum Gasteiger partial charge on any atom is -0.365 e. The second kappa shape index (κ2) is 7.12. The highest BCUT2D eigenvalue weighted by Gasteiger charge is 2.43. The Balaban J connectivity index is 1.58. The van der Waals surface area contributed by atoms with E-state index < -0.39 is 0 Å². The summed E-state index contributed by atoms with van der Waals surface area (Å²) in [4.78, 5) is 19.6. The zero-order valence-electron chi connectivity index (χ0n) is 16.2. The van der Waals surface area contributed by atoms with Gasteiger partial charge in [-0.2, -0.15) is 0 Å². The Morgan fingerprint density at radius 2 is 1.96 bits per heavy atom. The molecule has 0 aliphatic carbocycles. The highest BCUT2D eigenvalue weighted by atomic mass is 35.5. The molecule has 0 saturated carbocycles. The average molecular weight is 419 g/mol. The van der Waals surface area contributed by atoms with Crippen LogP contribution >= 0.6 is 23.2 Å². The first-order valence-electron chi connectivity index (χ1n) is 9.52. The monoisotopic (exact) mass is 418 g/mol. The number of nitrogens with one attached hydrogen (secondary N) is 2. The van der Waals surface area contributed by atoms with Gasteiger partial charge in [-0.3, -0.25) is 0 Å². The molecule has 7 heteroatoms. The number of halogens is 2. The van der Waals surface area contributed by atoms with E-state index in [1.165, 1.54) is 11.1 Å². The second-order valence-corrected chi connectivity index (χ2v) is 9.38. The lowest BCUT2D eigenvalue weighted by atomic mass is 9.95. The van der Waals surface area contributed by atoms with Crippen LogP contribution in [-0.4, -0.2) is 27.5 Å². The number of amides is 2. The van der Waals surface area contributed by atoms with E-state index in [0.29, 0.717) is 15.7 Å². The molecule has 28 heavy (non-hydrogen) atoms. The second-order valence-electron chi connectivity index (χ2n) is 8.56. The fourth-order valence-corrected chi connectivity index (χ4v) is 4.44. The number of hydrogen-bond donors (Lipinski definition) is 2. The zero-order chi connectivity index (χ0) is 20.1. The van der Waals surface area contributed by atoms with Gasteiger partial charge in [0.05, 0.1) is 16.1 Å². The molecule has 0 unspecified atom stereocenters. The van der Waals surface area contributed by atoms with E-state index in [1.807, 2.05) is 11.1 Å². The smallest absolute Gasteiger partial charge is 0.322 e. The number of carbonyl (C=O) groups is 1. The SMILES string of the molecule is CC(C)(C)Nc1cc2c(cn1)C[C@@H]1CC[C@H]2N1C(=O)Nc1ccc(Cl)c(Cl)c1. The summed E-state index contributed by atoms with van der Waals surface area (Å²) in [6.07, 6.45) is 4.76. The number of aromatic nitrogens is 1. The highest BCUT2D eigenvalue weighted by Crippen LogP contribution is 2.44. The molecule has 0 spiro atoms. The maximum atomic E-state index is 13.1. The summed E-state index contributed by atoms with van der Waals surface area (Å²) in [6, 6.07) is 7.40. The van der Waals surface area contributed by atoms with E-state index in [-0.39, 0.29) is 23.7 Å². The summed E-state index contributed by atoms with van der Waals surface area (Å²) in [5.41, 5.74) is 3.01. The van der Waals surface area contributed by atoms with Gasteiger partial charge < -0.3 is 15.5 Å².